The van der Waals surface area contributed by atoms with Crippen LogP contribution in [0.5, 0.6) is 0 Å². The van der Waals surface area contributed by atoms with Crippen molar-refractivity contribution in [1.29, 1.82) is 0 Å². The highest BCUT2D eigenvalue weighted by molar-refractivity contribution is 9.10. The van der Waals surface area contributed by atoms with E-state index < -0.39 is 0 Å². The highest BCUT2D eigenvalue weighted by Crippen LogP contribution is 2.23. The van der Waals surface area contributed by atoms with Crippen molar-refractivity contribution >= 4 is 33.6 Å². The average Bonchev–Trinajstić information content (AvgIpc) is 2.12. The molecule has 0 aliphatic rings. The molecule has 1 N–H and O–H groups in total. The minimum absolute atomic E-state index is 0.742. The van der Waals surface area contributed by atoms with Gasteiger partial charge in [0.25, 0.3) is 0 Å². The van der Waals surface area contributed by atoms with Crippen LogP contribution < -0.4 is 5.32 Å². The standard InChI is InChI=1S/C10H11BrClN/c1-13-6-2-3-8-4-5-9(11)10(12)7-8/h2-5,7,13H,6H2,1H3. The molecule has 0 aliphatic heterocycles. The summed E-state index contributed by atoms with van der Waals surface area (Å²) in [5, 5.41) is 3.78. The minimum Gasteiger partial charge on any atom is -0.316 e. The molecular weight excluding hydrogens is 249 g/mol. The van der Waals surface area contributed by atoms with Crippen LogP contribution in [-0.2, 0) is 0 Å². The van der Waals surface area contributed by atoms with Crippen LogP contribution >= 0.6 is 27.5 Å². The molecule has 0 unspecified atom stereocenters. The van der Waals surface area contributed by atoms with Gasteiger partial charge in [-0.15, -0.1) is 0 Å². The molecule has 0 aromatic heterocycles. The van der Waals surface area contributed by atoms with E-state index in [2.05, 4.69) is 27.3 Å². The molecule has 70 valence electrons. The first kappa shape index (κ1) is 10.8. The Morgan fingerprint density at radius 1 is 1.54 bits per heavy atom. The molecule has 3 heteroatoms. The summed E-state index contributed by atoms with van der Waals surface area (Å²) in [6.45, 7) is 0.869. The molecule has 0 amide bonds. The first-order chi connectivity index (χ1) is 6.24. The molecule has 0 aliphatic carbocycles. The number of rotatable bonds is 3. The van der Waals surface area contributed by atoms with Gasteiger partial charge in [0.1, 0.15) is 0 Å². The molecule has 0 spiro atoms. The molecule has 0 saturated carbocycles. The van der Waals surface area contributed by atoms with E-state index in [0.29, 0.717) is 0 Å². The molecule has 1 aromatic carbocycles. The monoisotopic (exact) mass is 259 g/mol. The van der Waals surface area contributed by atoms with Crippen LogP contribution in [-0.4, -0.2) is 13.6 Å². The average molecular weight is 261 g/mol. The number of hydrogen-bond acceptors (Lipinski definition) is 1. The quantitative estimate of drug-likeness (QED) is 0.879. The SMILES string of the molecule is CNCC=Cc1ccc(Br)c(Cl)c1. The number of hydrogen-bond donors (Lipinski definition) is 1. The molecule has 0 bridgehead atoms. The first-order valence-corrected chi connectivity index (χ1v) is 5.17. The Labute approximate surface area is 91.9 Å². The van der Waals surface area contributed by atoms with E-state index >= 15 is 0 Å². The van der Waals surface area contributed by atoms with Crippen molar-refractivity contribution in [3.05, 3.63) is 39.3 Å². The maximum atomic E-state index is 5.93. The van der Waals surface area contributed by atoms with E-state index in [0.717, 1.165) is 21.6 Å². The molecule has 0 fully saturated rings. The van der Waals surface area contributed by atoms with E-state index in [1.165, 1.54) is 0 Å². The fourth-order valence-corrected chi connectivity index (χ4v) is 1.36. The fraction of sp³-hybridized carbons (Fsp3) is 0.200. The lowest BCUT2D eigenvalue weighted by Gasteiger charge is -1.97. The Bertz CT molecular complexity index is 310. The van der Waals surface area contributed by atoms with Crippen LogP contribution in [0, 0.1) is 0 Å². The molecule has 0 heterocycles. The van der Waals surface area contributed by atoms with Crippen LogP contribution in [0.4, 0.5) is 0 Å². The normalized spacial score (nSPS) is 11.0. The maximum absolute atomic E-state index is 5.93. The molecule has 13 heavy (non-hydrogen) atoms. The highest BCUT2D eigenvalue weighted by atomic mass is 79.9. The van der Waals surface area contributed by atoms with E-state index in [1.807, 2.05) is 31.3 Å². The molecule has 0 saturated heterocycles. The van der Waals surface area contributed by atoms with Crippen molar-refractivity contribution in [2.45, 2.75) is 0 Å². The number of nitrogens with one attached hydrogen (secondary N) is 1. The topological polar surface area (TPSA) is 12.0 Å². The predicted octanol–water partition coefficient (Wildman–Crippen LogP) is 3.34. The van der Waals surface area contributed by atoms with Crippen LogP contribution in [0.2, 0.25) is 5.02 Å². The van der Waals surface area contributed by atoms with Crippen molar-refractivity contribution in [1.82, 2.24) is 5.32 Å². The van der Waals surface area contributed by atoms with Gasteiger partial charge in [-0.25, -0.2) is 0 Å². The Kier molecular flexibility index (Phi) is 4.50. The van der Waals surface area contributed by atoms with E-state index in [4.69, 9.17) is 11.6 Å². The molecule has 0 radical (unpaired) electrons. The van der Waals surface area contributed by atoms with Crippen molar-refractivity contribution in [3.8, 4) is 0 Å². The van der Waals surface area contributed by atoms with Crippen LogP contribution in [0.1, 0.15) is 5.56 Å². The zero-order valence-electron chi connectivity index (χ0n) is 7.35. The van der Waals surface area contributed by atoms with Crippen molar-refractivity contribution in [2.24, 2.45) is 0 Å². The van der Waals surface area contributed by atoms with Crippen molar-refractivity contribution < 1.29 is 0 Å². The van der Waals surface area contributed by atoms with Crippen molar-refractivity contribution in [3.63, 3.8) is 0 Å². The summed E-state index contributed by atoms with van der Waals surface area (Å²) in [4.78, 5) is 0. The number of likely N-dealkylation sites (N-methyl/N-ethyl adjacent to an activating group) is 1. The van der Waals surface area contributed by atoms with Gasteiger partial charge in [0, 0.05) is 11.0 Å². The van der Waals surface area contributed by atoms with Gasteiger partial charge in [-0.1, -0.05) is 29.8 Å². The Balaban J connectivity index is 2.73. The third-order valence-electron chi connectivity index (χ3n) is 1.58. The second-order valence-corrected chi connectivity index (χ2v) is 3.90. The van der Waals surface area contributed by atoms with Gasteiger partial charge >= 0.3 is 0 Å². The molecule has 0 atom stereocenters. The lowest BCUT2D eigenvalue weighted by Crippen LogP contribution is -2.03. The zero-order chi connectivity index (χ0) is 9.68. The lowest BCUT2D eigenvalue weighted by atomic mass is 10.2. The second-order valence-electron chi connectivity index (χ2n) is 2.63. The predicted molar refractivity (Wildman–Crippen MR) is 62.1 cm³/mol. The summed E-state index contributed by atoms with van der Waals surface area (Å²) in [7, 11) is 1.92. The van der Waals surface area contributed by atoms with Gasteiger partial charge in [0.15, 0.2) is 0 Å². The Morgan fingerprint density at radius 3 is 2.92 bits per heavy atom. The van der Waals surface area contributed by atoms with E-state index in [1.54, 1.807) is 0 Å². The maximum Gasteiger partial charge on any atom is 0.0554 e. The summed E-state index contributed by atoms with van der Waals surface area (Å²) >= 11 is 9.27. The van der Waals surface area contributed by atoms with Crippen LogP contribution in [0.25, 0.3) is 6.08 Å². The molecular formula is C10H11BrClN. The lowest BCUT2D eigenvalue weighted by molar-refractivity contribution is 0.922. The zero-order valence-corrected chi connectivity index (χ0v) is 9.69. The molecule has 1 aromatic rings. The smallest absolute Gasteiger partial charge is 0.0554 e. The van der Waals surface area contributed by atoms with Gasteiger partial charge in [0.2, 0.25) is 0 Å². The van der Waals surface area contributed by atoms with Gasteiger partial charge < -0.3 is 5.32 Å². The minimum atomic E-state index is 0.742. The van der Waals surface area contributed by atoms with Gasteiger partial charge in [-0.3, -0.25) is 0 Å². The van der Waals surface area contributed by atoms with Crippen molar-refractivity contribution in [2.75, 3.05) is 13.6 Å². The number of benzene rings is 1. The van der Waals surface area contributed by atoms with Gasteiger partial charge in [0.05, 0.1) is 5.02 Å². The third kappa shape index (κ3) is 3.51. The summed E-state index contributed by atoms with van der Waals surface area (Å²) in [6, 6.07) is 5.89. The first-order valence-electron chi connectivity index (χ1n) is 4.00. The second kappa shape index (κ2) is 5.43. The third-order valence-corrected chi connectivity index (χ3v) is 2.81. The van der Waals surface area contributed by atoms with Gasteiger partial charge in [-0.2, -0.15) is 0 Å². The largest absolute Gasteiger partial charge is 0.316 e. The Morgan fingerprint density at radius 2 is 2.31 bits per heavy atom. The molecule has 1 nitrogen and oxygen atoms in total. The fourth-order valence-electron chi connectivity index (χ4n) is 0.929. The summed E-state index contributed by atoms with van der Waals surface area (Å²) in [5.41, 5.74) is 1.11. The van der Waals surface area contributed by atoms with Crippen LogP contribution in [0.15, 0.2) is 28.7 Å². The van der Waals surface area contributed by atoms with Crippen LogP contribution in [0.3, 0.4) is 0 Å². The van der Waals surface area contributed by atoms with E-state index in [-0.39, 0.29) is 0 Å². The molecule has 1 rings (SSSR count). The summed E-state index contributed by atoms with van der Waals surface area (Å²) < 4.78 is 0.930. The van der Waals surface area contributed by atoms with Gasteiger partial charge in [-0.05, 0) is 40.7 Å². The summed E-state index contributed by atoms with van der Waals surface area (Å²) in [5.74, 6) is 0. The van der Waals surface area contributed by atoms with E-state index in [9.17, 15) is 0 Å². The highest BCUT2D eigenvalue weighted by Gasteiger charge is 1.95. The Hall–Kier alpha value is -0.310. The number of halogens is 2. The summed E-state index contributed by atoms with van der Waals surface area (Å²) in [6.07, 6.45) is 4.09.